The fourth-order valence-electron chi connectivity index (χ4n) is 2.61. The number of rotatable bonds is 5. The molecule has 6 nitrogen and oxygen atoms in total. The van der Waals surface area contributed by atoms with Crippen LogP contribution in [0.4, 0.5) is 5.69 Å². The lowest BCUT2D eigenvalue weighted by Crippen LogP contribution is -1.93. The third kappa shape index (κ3) is 3.05. The van der Waals surface area contributed by atoms with Crippen molar-refractivity contribution < 1.29 is 9.53 Å². The van der Waals surface area contributed by atoms with Gasteiger partial charge in [0.25, 0.3) is 0 Å². The molecular formula is C19H14N4O2. The highest BCUT2D eigenvalue weighted by atomic mass is 16.5. The first kappa shape index (κ1) is 14.9. The van der Waals surface area contributed by atoms with Crippen LogP contribution in [0.3, 0.4) is 0 Å². The molecular weight excluding hydrogens is 316 g/mol. The van der Waals surface area contributed by atoms with Crippen molar-refractivity contribution in [2.24, 2.45) is 0 Å². The summed E-state index contributed by atoms with van der Waals surface area (Å²) >= 11 is 0. The summed E-state index contributed by atoms with van der Waals surface area (Å²) < 4.78 is 5.98. The van der Waals surface area contributed by atoms with Crippen LogP contribution in [0.1, 0.15) is 0 Å². The molecule has 25 heavy (non-hydrogen) atoms. The number of carbonyl (C=O) groups is 1. The number of amides is 1. The van der Waals surface area contributed by atoms with Gasteiger partial charge in [0, 0.05) is 29.0 Å². The molecule has 122 valence electrons. The quantitative estimate of drug-likeness (QED) is 0.542. The fourth-order valence-corrected chi connectivity index (χ4v) is 2.61. The summed E-state index contributed by atoms with van der Waals surface area (Å²) in [6.45, 7) is 0. The van der Waals surface area contributed by atoms with Crippen molar-refractivity contribution in [3.8, 4) is 22.6 Å². The standard InChI is InChI=1S/C19H14N4O2/c24-12-21-15-2-4-16(5-3-15)25-19-7-8-20-18-9-13(1-6-17(18)19)14-10-22-23-11-14/h1-12H,(H,21,24)(H,22,23). The van der Waals surface area contributed by atoms with Crippen molar-refractivity contribution in [1.82, 2.24) is 15.2 Å². The van der Waals surface area contributed by atoms with E-state index in [9.17, 15) is 4.79 Å². The van der Waals surface area contributed by atoms with Crippen LogP contribution < -0.4 is 10.1 Å². The van der Waals surface area contributed by atoms with E-state index in [1.54, 1.807) is 36.7 Å². The molecule has 0 bridgehead atoms. The number of H-pyrrole nitrogens is 1. The number of aromatic amines is 1. The van der Waals surface area contributed by atoms with Crippen molar-refractivity contribution in [2.45, 2.75) is 0 Å². The van der Waals surface area contributed by atoms with Crippen molar-refractivity contribution >= 4 is 23.0 Å². The second kappa shape index (κ2) is 6.45. The normalized spacial score (nSPS) is 10.6. The average molecular weight is 330 g/mol. The third-order valence-electron chi connectivity index (χ3n) is 3.84. The lowest BCUT2D eigenvalue weighted by atomic mass is 10.1. The molecule has 0 atom stereocenters. The fraction of sp³-hybridized carbons (Fsp3) is 0. The number of pyridine rings is 1. The minimum Gasteiger partial charge on any atom is -0.457 e. The van der Waals surface area contributed by atoms with Crippen molar-refractivity contribution in [3.05, 3.63) is 67.1 Å². The molecule has 6 heteroatoms. The maximum atomic E-state index is 10.5. The van der Waals surface area contributed by atoms with Crippen LogP contribution in [-0.2, 0) is 4.79 Å². The molecule has 4 aromatic rings. The second-order valence-electron chi connectivity index (χ2n) is 5.42. The van der Waals surface area contributed by atoms with E-state index in [4.69, 9.17) is 4.74 Å². The Morgan fingerprint density at radius 3 is 2.68 bits per heavy atom. The van der Waals surface area contributed by atoms with Crippen LogP contribution in [0.2, 0.25) is 0 Å². The van der Waals surface area contributed by atoms with Gasteiger partial charge in [0.05, 0.1) is 11.7 Å². The number of nitrogens with zero attached hydrogens (tertiary/aromatic N) is 2. The molecule has 0 radical (unpaired) electrons. The van der Waals surface area contributed by atoms with Gasteiger partial charge in [-0.15, -0.1) is 0 Å². The van der Waals surface area contributed by atoms with E-state index in [2.05, 4.69) is 20.5 Å². The Kier molecular flexibility index (Phi) is 3.84. The molecule has 2 N–H and O–H groups in total. The minimum absolute atomic E-state index is 0.643. The average Bonchev–Trinajstić information content (AvgIpc) is 3.18. The largest absolute Gasteiger partial charge is 0.457 e. The SMILES string of the molecule is O=CNc1ccc(Oc2ccnc3cc(-c4cn[nH]c4)ccc23)cc1. The number of anilines is 1. The van der Waals surface area contributed by atoms with E-state index in [-0.39, 0.29) is 0 Å². The second-order valence-corrected chi connectivity index (χ2v) is 5.42. The van der Waals surface area contributed by atoms with Crippen LogP contribution in [0, 0.1) is 0 Å². The summed E-state index contributed by atoms with van der Waals surface area (Å²) in [5, 5.41) is 10.3. The summed E-state index contributed by atoms with van der Waals surface area (Å²) in [5.41, 5.74) is 3.60. The molecule has 2 aromatic heterocycles. The van der Waals surface area contributed by atoms with E-state index in [1.165, 1.54) is 0 Å². The van der Waals surface area contributed by atoms with E-state index < -0.39 is 0 Å². The first-order valence-electron chi connectivity index (χ1n) is 7.69. The van der Waals surface area contributed by atoms with Gasteiger partial charge in [0.15, 0.2) is 0 Å². The Hall–Kier alpha value is -3.67. The number of aromatic nitrogens is 3. The molecule has 0 unspecified atom stereocenters. The topological polar surface area (TPSA) is 79.9 Å². The molecule has 0 aliphatic rings. The van der Waals surface area contributed by atoms with E-state index >= 15 is 0 Å². The smallest absolute Gasteiger partial charge is 0.211 e. The summed E-state index contributed by atoms with van der Waals surface area (Å²) in [6, 6.07) is 15.0. The summed E-state index contributed by atoms with van der Waals surface area (Å²) in [4.78, 5) is 14.9. The predicted molar refractivity (Wildman–Crippen MR) is 95.5 cm³/mol. The number of nitrogens with one attached hydrogen (secondary N) is 2. The van der Waals surface area contributed by atoms with Crippen LogP contribution in [0.25, 0.3) is 22.0 Å². The van der Waals surface area contributed by atoms with Crippen LogP contribution in [0.5, 0.6) is 11.5 Å². The Balaban J connectivity index is 1.66. The molecule has 1 amide bonds. The van der Waals surface area contributed by atoms with Gasteiger partial charge in [-0.05, 0) is 48.0 Å². The summed E-state index contributed by atoms with van der Waals surface area (Å²) in [7, 11) is 0. The van der Waals surface area contributed by atoms with Gasteiger partial charge in [-0.2, -0.15) is 5.10 Å². The molecule has 0 aliphatic heterocycles. The molecule has 0 saturated carbocycles. The van der Waals surface area contributed by atoms with Gasteiger partial charge in [-0.3, -0.25) is 14.9 Å². The number of benzene rings is 2. The van der Waals surface area contributed by atoms with Crippen molar-refractivity contribution in [1.29, 1.82) is 0 Å². The van der Waals surface area contributed by atoms with Gasteiger partial charge in [0.2, 0.25) is 6.41 Å². The number of ether oxygens (including phenoxy) is 1. The maximum absolute atomic E-state index is 10.5. The third-order valence-corrected chi connectivity index (χ3v) is 3.84. The van der Waals surface area contributed by atoms with Gasteiger partial charge in [-0.1, -0.05) is 6.07 Å². The molecule has 0 spiro atoms. The zero-order valence-corrected chi connectivity index (χ0v) is 13.1. The van der Waals surface area contributed by atoms with Crippen molar-refractivity contribution in [2.75, 3.05) is 5.32 Å². The molecule has 0 fully saturated rings. The molecule has 2 heterocycles. The van der Waals surface area contributed by atoms with Gasteiger partial charge >= 0.3 is 0 Å². The van der Waals surface area contributed by atoms with Gasteiger partial charge < -0.3 is 10.1 Å². The maximum Gasteiger partial charge on any atom is 0.211 e. The number of carbonyl (C=O) groups excluding carboxylic acids is 1. The zero-order valence-electron chi connectivity index (χ0n) is 13.1. The number of fused-ring (bicyclic) bond motifs is 1. The lowest BCUT2D eigenvalue weighted by molar-refractivity contribution is -0.105. The predicted octanol–water partition coefficient (Wildman–Crippen LogP) is 3.99. The lowest BCUT2D eigenvalue weighted by Gasteiger charge is -2.10. The van der Waals surface area contributed by atoms with Gasteiger partial charge in [-0.25, -0.2) is 0 Å². The Labute approximate surface area is 143 Å². The van der Waals surface area contributed by atoms with Crippen LogP contribution in [-0.4, -0.2) is 21.6 Å². The van der Waals surface area contributed by atoms with Crippen LogP contribution in [0.15, 0.2) is 67.1 Å². The highest BCUT2D eigenvalue weighted by Gasteiger charge is 2.07. The summed E-state index contributed by atoms with van der Waals surface area (Å²) in [5.74, 6) is 1.41. The highest BCUT2D eigenvalue weighted by Crippen LogP contribution is 2.31. The number of hydrogen-bond donors (Lipinski definition) is 2. The van der Waals surface area contributed by atoms with Crippen LogP contribution >= 0.6 is 0 Å². The van der Waals surface area contributed by atoms with E-state index in [1.807, 2.05) is 30.5 Å². The zero-order chi connectivity index (χ0) is 17.1. The minimum atomic E-state index is 0.643. The number of hydrogen-bond acceptors (Lipinski definition) is 4. The Morgan fingerprint density at radius 1 is 1.04 bits per heavy atom. The Bertz CT molecular complexity index is 1010. The molecule has 0 aliphatic carbocycles. The van der Waals surface area contributed by atoms with E-state index in [0.717, 1.165) is 27.8 Å². The van der Waals surface area contributed by atoms with E-state index in [0.29, 0.717) is 17.8 Å². The van der Waals surface area contributed by atoms with Gasteiger partial charge in [0.1, 0.15) is 11.5 Å². The first-order valence-corrected chi connectivity index (χ1v) is 7.69. The summed E-state index contributed by atoms with van der Waals surface area (Å²) in [6.07, 6.45) is 5.98. The molecule has 0 saturated heterocycles. The Morgan fingerprint density at radius 2 is 1.92 bits per heavy atom. The van der Waals surface area contributed by atoms with Crippen molar-refractivity contribution in [3.63, 3.8) is 0 Å². The highest BCUT2D eigenvalue weighted by molar-refractivity contribution is 5.89. The molecule has 2 aromatic carbocycles. The molecule has 4 rings (SSSR count). The first-order chi connectivity index (χ1) is 12.3. The monoisotopic (exact) mass is 330 g/mol.